The molecule has 1 amide bonds. The molecule has 0 aliphatic heterocycles. The van der Waals surface area contributed by atoms with Gasteiger partial charge in [0.05, 0.1) is 10.4 Å². The van der Waals surface area contributed by atoms with Gasteiger partial charge in [-0.2, -0.15) is 4.98 Å². The molecule has 114 valence electrons. The number of nitrogens with zero attached hydrogens (tertiary/aromatic N) is 2. The summed E-state index contributed by atoms with van der Waals surface area (Å²) >= 11 is 7.36. The highest BCUT2D eigenvalue weighted by Gasteiger charge is 2.14. The maximum absolute atomic E-state index is 11.9. The second kappa shape index (κ2) is 7.04. The molecule has 5 nitrogen and oxygen atoms in total. The van der Waals surface area contributed by atoms with E-state index in [1.165, 1.54) is 11.3 Å². The number of nitrogens with one attached hydrogen (secondary N) is 1. The molecule has 2 rings (SSSR count). The summed E-state index contributed by atoms with van der Waals surface area (Å²) in [5.74, 6) is 1.35. The van der Waals surface area contributed by atoms with Gasteiger partial charge >= 0.3 is 0 Å². The van der Waals surface area contributed by atoms with Gasteiger partial charge in [-0.05, 0) is 19.1 Å². The molecular formula is C14H18ClN3O2S. The quantitative estimate of drug-likeness (QED) is 0.878. The van der Waals surface area contributed by atoms with E-state index < -0.39 is 0 Å². The molecule has 0 aliphatic rings. The van der Waals surface area contributed by atoms with Crippen LogP contribution < -0.4 is 5.32 Å². The number of thiophene rings is 1. The van der Waals surface area contributed by atoms with Gasteiger partial charge in [-0.1, -0.05) is 30.6 Å². The Morgan fingerprint density at radius 3 is 2.76 bits per heavy atom. The number of aryl methyl sites for hydroxylation is 1. The summed E-state index contributed by atoms with van der Waals surface area (Å²) in [6, 6.07) is 3.70. The maximum atomic E-state index is 11.9. The number of amides is 1. The third kappa shape index (κ3) is 4.54. The molecule has 2 aromatic heterocycles. The molecule has 2 heterocycles. The summed E-state index contributed by atoms with van der Waals surface area (Å²) in [7, 11) is 0. The van der Waals surface area contributed by atoms with Crippen molar-refractivity contribution in [2.45, 2.75) is 45.6 Å². The number of rotatable bonds is 6. The van der Waals surface area contributed by atoms with Gasteiger partial charge in [0.25, 0.3) is 0 Å². The van der Waals surface area contributed by atoms with Gasteiger partial charge in [-0.25, -0.2) is 0 Å². The Bertz CT molecular complexity index is 609. The molecule has 1 unspecified atom stereocenters. The van der Waals surface area contributed by atoms with Crippen molar-refractivity contribution in [3.8, 4) is 0 Å². The lowest BCUT2D eigenvalue weighted by Crippen LogP contribution is -2.26. The van der Waals surface area contributed by atoms with Gasteiger partial charge in [-0.15, -0.1) is 11.3 Å². The fourth-order valence-electron chi connectivity index (χ4n) is 1.77. The Morgan fingerprint density at radius 1 is 1.43 bits per heavy atom. The zero-order valence-electron chi connectivity index (χ0n) is 12.2. The molecule has 0 aliphatic carbocycles. The Morgan fingerprint density at radius 2 is 2.19 bits per heavy atom. The minimum absolute atomic E-state index is 0.0451. The van der Waals surface area contributed by atoms with Crippen molar-refractivity contribution in [3.05, 3.63) is 33.1 Å². The molecule has 2 aromatic rings. The Labute approximate surface area is 132 Å². The summed E-state index contributed by atoms with van der Waals surface area (Å²) in [4.78, 5) is 17.2. The van der Waals surface area contributed by atoms with E-state index in [-0.39, 0.29) is 17.9 Å². The van der Waals surface area contributed by atoms with Crippen LogP contribution in [0.25, 0.3) is 0 Å². The smallest absolute Gasteiger partial charge is 0.227 e. The van der Waals surface area contributed by atoms with Crippen LogP contribution in [0.4, 0.5) is 0 Å². The van der Waals surface area contributed by atoms with Crippen molar-refractivity contribution in [2.75, 3.05) is 0 Å². The van der Waals surface area contributed by atoms with Crippen molar-refractivity contribution in [1.29, 1.82) is 0 Å². The molecule has 0 fully saturated rings. The maximum Gasteiger partial charge on any atom is 0.227 e. The van der Waals surface area contributed by atoms with E-state index >= 15 is 0 Å². The number of carbonyl (C=O) groups is 1. The van der Waals surface area contributed by atoms with Gasteiger partial charge in [-0.3, -0.25) is 4.79 Å². The van der Waals surface area contributed by atoms with E-state index in [4.69, 9.17) is 16.1 Å². The minimum atomic E-state index is -0.0519. The molecule has 21 heavy (non-hydrogen) atoms. The van der Waals surface area contributed by atoms with Crippen molar-refractivity contribution < 1.29 is 9.32 Å². The Kier molecular flexibility index (Phi) is 5.36. The zero-order chi connectivity index (χ0) is 15.4. The van der Waals surface area contributed by atoms with Crippen molar-refractivity contribution >= 4 is 28.8 Å². The van der Waals surface area contributed by atoms with Crippen LogP contribution in [-0.2, 0) is 11.2 Å². The van der Waals surface area contributed by atoms with Crippen LogP contribution in [0.3, 0.4) is 0 Å². The van der Waals surface area contributed by atoms with E-state index in [1.54, 1.807) is 0 Å². The first-order chi connectivity index (χ1) is 9.95. The van der Waals surface area contributed by atoms with Gasteiger partial charge in [0.15, 0.2) is 5.82 Å². The van der Waals surface area contributed by atoms with Crippen LogP contribution in [0.5, 0.6) is 0 Å². The van der Waals surface area contributed by atoms with Gasteiger partial charge < -0.3 is 9.84 Å². The van der Waals surface area contributed by atoms with Crippen molar-refractivity contribution in [3.63, 3.8) is 0 Å². The van der Waals surface area contributed by atoms with Crippen LogP contribution in [-0.4, -0.2) is 16.0 Å². The Balaban J connectivity index is 1.81. The second-order valence-electron chi connectivity index (χ2n) is 5.13. The van der Waals surface area contributed by atoms with E-state index in [2.05, 4.69) is 15.5 Å². The highest BCUT2D eigenvalue weighted by atomic mass is 35.5. The number of aromatic nitrogens is 2. The van der Waals surface area contributed by atoms with E-state index in [9.17, 15) is 4.79 Å². The molecule has 1 N–H and O–H groups in total. The molecule has 0 aromatic carbocycles. The van der Waals surface area contributed by atoms with Gasteiger partial charge in [0, 0.05) is 23.6 Å². The second-order valence-corrected chi connectivity index (χ2v) is 6.88. The standard InChI is InChI=1S/C14H18ClN3O2S/c1-8(2)14-17-13(20-18-14)7-6-12(19)16-9(3)10-4-5-11(15)21-10/h4-5,8-9H,6-7H2,1-3H3,(H,16,19). The highest BCUT2D eigenvalue weighted by molar-refractivity contribution is 7.16. The minimum Gasteiger partial charge on any atom is -0.349 e. The topological polar surface area (TPSA) is 68.0 Å². The summed E-state index contributed by atoms with van der Waals surface area (Å²) in [6.07, 6.45) is 0.770. The molecule has 1 atom stereocenters. The lowest BCUT2D eigenvalue weighted by atomic mass is 10.2. The normalized spacial score (nSPS) is 12.6. The van der Waals surface area contributed by atoms with Crippen LogP contribution in [0.1, 0.15) is 55.7 Å². The molecule has 0 saturated heterocycles. The largest absolute Gasteiger partial charge is 0.349 e. The van der Waals surface area contributed by atoms with E-state index in [0.29, 0.717) is 24.6 Å². The van der Waals surface area contributed by atoms with Crippen LogP contribution in [0, 0.1) is 0 Å². The predicted molar refractivity (Wildman–Crippen MR) is 82.6 cm³/mol. The van der Waals surface area contributed by atoms with E-state index in [0.717, 1.165) is 9.21 Å². The fraction of sp³-hybridized carbons (Fsp3) is 0.500. The molecule has 7 heteroatoms. The number of carbonyl (C=O) groups excluding carboxylic acids is 1. The SMILES string of the molecule is CC(C)c1noc(CCC(=O)NC(C)c2ccc(Cl)s2)n1. The van der Waals surface area contributed by atoms with Crippen molar-refractivity contribution in [1.82, 2.24) is 15.5 Å². The third-order valence-corrected chi connectivity index (χ3v) is 4.38. The lowest BCUT2D eigenvalue weighted by Gasteiger charge is -2.11. The van der Waals surface area contributed by atoms with Crippen LogP contribution in [0.2, 0.25) is 4.34 Å². The summed E-state index contributed by atoms with van der Waals surface area (Å²) in [5.41, 5.74) is 0. The third-order valence-electron chi connectivity index (χ3n) is 2.96. The number of hydrogen-bond acceptors (Lipinski definition) is 5. The molecule has 0 saturated carbocycles. The average Bonchev–Trinajstić information content (AvgIpc) is 3.05. The van der Waals surface area contributed by atoms with E-state index in [1.807, 2.05) is 32.9 Å². The molecule has 0 radical (unpaired) electrons. The highest BCUT2D eigenvalue weighted by Crippen LogP contribution is 2.26. The van der Waals surface area contributed by atoms with Crippen LogP contribution >= 0.6 is 22.9 Å². The van der Waals surface area contributed by atoms with Crippen molar-refractivity contribution in [2.24, 2.45) is 0 Å². The molecular weight excluding hydrogens is 310 g/mol. The summed E-state index contributed by atoms with van der Waals surface area (Å²) in [5, 5.41) is 6.81. The monoisotopic (exact) mass is 327 g/mol. The zero-order valence-corrected chi connectivity index (χ0v) is 13.8. The summed E-state index contributed by atoms with van der Waals surface area (Å²) < 4.78 is 5.83. The van der Waals surface area contributed by atoms with Gasteiger partial charge in [0.2, 0.25) is 11.8 Å². The first-order valence-corrected chi connectivity index (χ1v) is 8.02. The average molecular weight is 328 g/mol. The Hall–Kier alpha value is -1.40. The number of halogens is 1. The fourth-order valence-corrected chi connectivity index (χ4v) is 2.83. The van der Waals surface area contributed by atoms with Crippen LogP contribution in [0.15, 0.2) is 16.7 Å². The van der Waals surface area contributed by atoms with Gasteiger partial charge in [0.1, 0.15) is 0 Å². The number of hydrogen-bond donors (Lipinski definition) is 1. The first kappa shape index (κ1) is 16.0. The molecule has 0 bridgehead atoms. The molecule has 0 spiro atoms. The first-order valence-electron chi connectivity index (χ1n) is 6.82. The predicted octanol–water partition coefficient (Wildman–Crippen LogP) is 3.72. The summed E-state index contributed by atoms with van der Waals surface area (Å²) in [6.45, 7) is 5.92. The lowest BCUT2D eigenvalue weighted by molar-refractivity contribution is -0.121.